The van der Waals surface area contributed by atoms with Gasteiger partial charge in [0.15, 0.2) is 0 Å². The van der Waals surface area contributed by atoms with Crippen LogP contribution in [-0.2, 0) is 10.8 Å². The highest BCUT2D eigenvalue weighted by Crippen LogP contribution is 2.51. The molecule has 3 aromatic carbocycles. The normalized spacial score (nSPS) is 16.8. The molecule has 0 saturated heterocycles. The SMILES string of the molecule is CC1(C)c2ccc(Br)cc2C(C)(C)c2cc3c(=O)c4ccccc4oc3cc21. The van der Waals surface area contributed by atoms with Crippen molar-refractivity contribution in [1.82, 2.24) is 0 Å². The second-order valence-corrected chi connectivity index (χ2v) is 9.68. The molecule has 0 radical (unpaired) electrons. The van der Waals surface area contributed by atoms with E-state index in [1.54, 1.807) is 0 Å². The van der Waals surface area contributed by atoms with Gasteiger partial charge in [-0.25, -0.2) is 0 Å². The molecular weight excluding hydrogens is 412 g/mol. The average Bonchev–Trinajstić information content (AvgIpc) is 2.66. The van der Waals surface area contributed by atoms with Crippen LogP contribution in [0.2, 0.25) is 0 Å². The molecule has 3 heteroatoms. The van der Waals surface area contributed by atoms with Crippen LogP contribution in [0.15, 0.2) is 68.3 Å². The molecule has 1 aliphatic rings. The van der Waals surface area contributed by atoms with E-state index in [0.717, 1.165) is 4.47 Å². The van der Waals surface area contributed by atoms with Gasteiger partial charge < -0.3 is 4.42 Å². The van der Waals surface area contributed by atoms with Crippen molar-refractivity contribution in [3.8, 4) is 0 Å². The summed E-state index contributed by atoms with van der Waals surface area (Å²) in [7, 11) is 0. The maximum atomic E-state index is 13.2. The van der Waals surface area contributed by atoms with Crippen LogP contribution in [0, 0.1) is 0 Å². The standard InChI is InChI=1S/C25H21BrO2/c1-24(2)17-10-9-14(26)11-18(17)25(3,4)19-12-16-22(13-20(19)24)28-21-8-6-5-7-15(21)23(16)27/h5-13H,1-4H3. The van der Waals surface area contributed by atoms with E-state index in [9.17, 15) is 4.79 Å². The first kappa shape index (κ1) is 17.7. The van der Waals surface area contributed by atoms with Crippen LogP contribution in [0.1, 0.15) is 49.9 Å². The summed E-state index contributed by atoms with van der Waals surface area (Å²) >= 11 is 3.63. The second kappa shape index (κ2) is 5.57. The van der Waals surface area contributed by atoms with Crippen LogP contribution in [0.4, 0.5) is 0 Å². The molecule has 1 aromatic heterocycles. The van der Waals surface area contributed by atoms with Crippen LogP contribution in [-0.4, -0.2) is 0 Å². The predicted molar refractivity (Wildman–Crippen MR) is 118 cm³/mol. The van der Waals surface area contributed by atoms with E-state index in [4.69, 9.17) is 4.42 Å². The van der Waals surface area contributed by atoms with Crippen molar-refractivity contribution in [3.63, 3.8) is 0 Å². The molecule has 28 heavy (non-hydrogen) atoms. The Morgan fingerprint density at radius 3 is 2.14 bits per heavy atom. The van der Waals surface area contributed by atoms with E-state index in [1.807, 2.05) is 24.3 Å². The van der Waals surface area contributed by atoms with E-state index in [2.05, 4.69) is 74.0 Å². The molecule has 0 amide bonds. The molecule has 1 aliphatic carbocycles. The van der Waals surface area contributed by atoms with E-state index in [1.165, 1.54) is 22.3 Å². The summed E-state index contributed by atoms with van der Waals surface area (Å²) in [6.07, 6.45) is 0. The summed E-state index contributed by atoms with van der Waals surface area (Å²) in [6.45, 7) is 8.97. The molecule has 0 saturated carbocycles. The molecule has 0 N–H and O–H groups in total. The molecule has 5 rings (SSSR count). The Morgan fingerprint density at radius 1 is 0.714 bits per heavy atom. The molecule has 140 valence electrons. The lowest BCUT2D eigenvalue weighted by molar-refractivity contribution is 0.519. The summed E-state index contributed by atoms with van der Waals surface area (Å²) in [5, 5.41) is 1.28. The minimum atomic E-state index is -0.212. The van der Waals surface area contributed by atoms with Crippen LogP contribution in [0.3, 0.4) is 0 Å². The second-order valence-electron chi connectivity index (χ2n) is 8.76. The molecular formula is C25H21BrO2. The third-order valence-corrected chi connectivity index (χ3v) is 6.88. The van der Waals surface area contributed by atoms with Gasteiger partial charge in [-0.2, -0.15) is 0 Å². The molecule has 4 aromatic rings. The van der Waals surface area contributed by atoms with Crippen molar-refractivity contribution in [2.45, 2.75) is 38.5 Å². The molecule has 0 fully saturated rings. The number of hydrogen-bond acceptors (Lipinski definition) is 2. The summed E-state index contributed by atoms with van der Waals surface area (Å²) < 4.78 is 7.23. The van der Waals surface area contributed by atoms with Gasteiger partial charge in [0.05, 0.1) is 10.8 Å². The minimum Gasteiger partial charge on any atom is -0.456 e. The number of fused-ring (bicyclic) bond motifs is 4. The summed E-state index contributed by atoms with van der Waals surface area (Å²) in [5.74, 6) is 0. The van der Waals surface area contributed by atoms with Crippen LogP contribution in [0.5, 0.6) is 0 Å². The number of para-hydroxylation sites is 1. The largest absolute Gasteiger partial charge is 0.456 e. The number of rotatable bonds is 0. The first-order chi connectivity index (χ1) is 13.2. The maximum Gasteiger partial charge on any atom is 0.200 e. The van der Waals surface area contributed by atoms with Crippen molar-refractivity contribution < 1.29 is 4.42 Å². The fraction of sp³-hybridized carbons (Fsp3) is 0.240. The van der Waals surface area contributed by atoms with Gasteiger partial charge in [0.2, 0.25) is 5.43 Å². The lowest BCUT2D eigenvalue weighted by Crippen LogP contribution is -2.36. The van der Waals surface area contributed by atoms with Crippen molar-refractivity contribution in [2.75, 3.05) is 0 Å². The van der Waals surface area contributed by atoms with Crippen LogP contribution < -0.4 is 5.43 Å². The zero-order chi connectivity index (χ0) is 19.8. The minimum absolute atomic E-state index is 0.0355. The fourth-order valence-corrected chi connectivity index (χ4v) is 5.11. The van der Waals surface area contributed by atoms with Crippen molar-refractivity contribution in [2.24, 2.45) is 0 Å². The Hall–Kier alpha value is -2.39. The third kappa shape index (κ3) is 2.23. The van der Waals surface area contributed by atoms with E-state index >= 15 is 0 Å². The highest BCUT2D eigenvalue weighted by atomic mass is 79.9. The molecule has 2 nitrogen and oxygen atoms in total. The lowest BCUT2D eigenvalue weighted by Gasteiger charge is -2.44. The van der Waals surface area contributed by atoms with Crippen molar-refractivity contribution >= 4 is 37.9 Å². The zero-order valence-electron chi connectivity index (χ0n) is 16.4. The Labute approximate surface area is 172 Å². The number of benzene rings is 3. The average molecular weight is 433 g/mol. The van der Waals surface area contributed by atoms with Crippen LogP contribution >= 0.6 is 15.9 Å². The number of halogens is 1. The third-order valence-electron chi connectivity index (χ3n) is 6.39. The van der Waals surface area contributed by atoms with Crippen molar-refractivity contribution in [1.29, 1.82) is 0 Å². The van der Waals surface area contributed by atoms with Gasteiger partial charge in [0.1, 0.15) is 11.2 Å². The van der Waals surface area contributed by atoms with Crippen LogP contribution in [0.25, 0.3) is 21.9 Å². The van der Waals surface area contributed by atoms with Gasteiger partial charge in [0.25, 0.3) is 0 Å². The summed E-state index contributed by atoms with van der Waals surface area (Å²) in [6, 6.07) is 18.2. The van der Waals surface area contributed by atoms with Gasteiger partial charge in [-0.15, -0.1) is 0 Å². The van der Waals surface area contributed by atoms with Gasteiger partial charge in [-0.05, 0) is 58.7 Å². The fourth-order valence-electron chi connectivity index (χ4n) is 4.75. The molecule has 0 unspecified atom stereocenters. The summed E-state index contributed by atoms with van der Waals surface area (Å²) in [5.41, 5.74) is 5.96. The topological polar surface area (TPSA) is 30.2 Å². The Morgan fingerprint density at radius 2 is 1.36 bits per heavy atom. The first-order valence-electron chi connectivity index (χ1n) is 9.52. The van der Waals surface area contributed by atoms with E-state index in [0.29, 0.717) is 21.9 Å². The molecule has 0 atom stereocenters. The molecule has 1 heterocycles. The maximum absolute atomic E-state index is 13.2. The zero-order valence-corrected chi connectivity index (χ0v) is 18.0. The Kier molecular flexibility index (Phi) is 3.52. The molecule has 0 bridgehead atoms. The Bertz CT molecular complexity index is 1340. The van der Waals surface area contributed by atoms with Gasteiger partial charge in [0, 0.05) is 15.3 Å². The summed E-state index contributed by atoms with van der Waals surface area (Å²) in [4.78, 5) is 13.2. The lowest BCUT2D eigenvalue weighted by atomic mass is 9.60. The van der Waals surface area contributed by atoms with E-state index in [-0.39, 0.29) is 16.3 Å². The van der Waals surface area contributed by atoms with Gasteiger partial charge in [-0.3, -0.25) is 4.79 Å². The monoisotopic (exact) mass is 432 g/mol. The van der Waals surface area contributed by atoms with Gasteiger partial charge >= 0.3 is 0 Å². The molecule has 0 spiro atoms. The Balaban J connectivity index is 1.93. The highest BCUT2D eigenvalue weighted by Gasteiger charge is 2.42. The highest BCUT2D eigenvalue weighted by molar-refractivity contribution is 9.10. The smallest absolute Gasteiger partial charge is 0.200 e. The van der Waals surface area contributed by atoms with Crippen molar-refractivity contribution in [3.05, 3.63) is 91.5 Å². The first-order valence-corrected chi connectivity index (χ1v) is 10.3. The van der Waals surface area contributed by atoms with E-state index < -0.39 is 0 Å². The number of hydrogen-bond donors (Lipinski definition) is 0. The van der Waals surface area contributed by atoms with Gasteiger partial charge in [-0.1, -0.05) is 61.8 Å². The quantitative estimate of drug-likeness (QED) is 0.290. The predicted octanol–water partition coefficient (Wildman–Crippen LogP) is 6.67. The molecule has 0 aliphatic heterocycles.